The number of hydrogen-bond donors (Lipinski definition) is 1. The van der Waals surface area contributed by atoms with Gasteiger partial charge >= 0.3 is 0 Å². The molecule has 1 N–H and O–H groups in total. The molecule has 0 aliphatic carbocycles. The Balaban J connectivity index is 1.46. The van der Waals surface area contributed by atoms with Gasteiger partial charge in [-0.15, -0.1) is 11.3 Å². The summed E-state index contributed by atoms with van der Waals surface area (Å²) >= 11 is 1.43. The van der Waals surface area contributed by atoms with Crippen LogP contribution in [-0.4, -0.2) is 18.4 Å². The highest BCUT2D eigenvalue weighted by Crippen LogP contribution is 2.30. The molecule has 136 valence electrons. The minimum Gasteiger partial charge on any atom is -0.347 e. The number of rotatable bonds is 4. The molecular formula is C22H20N2O2S. The van der Waals surface area contributed by atoms with Gasteiger partial charge in [0.1, 0.15) is 0 Å². The second-order valence-corrected chi connectivity index (χ2v) is 7.64. The number of hydrogen-bond acceptors (Lipinski definition) is 3. The molecule has 1 aliphatic rings. The maximum Gasteiger partial charge on any atom is 0.261 e. The SMILES string of the molecule is Cc1ccc(C(=O)N2CCc3cc(CNC(=O)c4cccs4)ccc32)cc1. The van der Waals surface area contributed by atoms with Crippen molar-refractivity contribution in [3.8, 4) is 0 Å². The molecule has 0 saturated carbocycles. The maximum absolute atomic E-state index is 12.8. The third-order valence-electron chi connectivity index (χ3n) is 4.78. The molecule has 3 aromatic rings. The molecule has 0 radical (unpaired) electrons. The number of thiophene rings is 1. The first kappa shape index (κ1) is 17.5. The molecule has 4 rings (SSSR count). The van der Waals surface area contributed by atoms with Crippen molar-refractivity contribution in [2.45, 2.75) is 19.9 Å². The fraction of sp³-hybridized carbons (Fsp3) is 0.182. The van der Waals surface area contributed by atoms with E-state index in [1.54, 1.807) is 0 Å². The third kappa shape index (κ3) is 3.64. The van der Waals surface area contributed by atoms with Crippen LogP contribution < -0.4 is 10.2 Å². The second kappa shape index (κ2) is 7.37. The number of benzene rings is 2. The predicted octanol–water partition coefficient (Wildman–Crippen LogP) is 4.19. The first-order valence-electron chi connectivity index (χ1n) is 8.94. The van der Waals surface area contributed by atoms with Crippen LogP contribution in [0, 0.1) is 6.92 Å². The molecule has 0 saturated heterocycles. The first-order chi connectivity index (χ1) is 13.1. The molecule has 0 bridgehead atoms. The molecule has 0 fully saturated rings. The van der Waals surface area contributed by atoms with E-state index >= 15 is 0 Å². The van der Waals surface area contributed by atoms with Crippen molar-refractivity contribution in [1.82, 2.24) is 5.32 Å². The second-order valence-electron chi connectivity index (χ2n) is 6.70. The van der Waals surface area contributed by atoms with Gasteiger partial charge in [-0.05, 0) is 54.1 Å². The molecular weight excluding hydrogens is 356 g/mol. The highest BCUT2D eigenvalue weighted by atomic mass is 32.1. The van der Waals surface area contributed by atoms with Crippen molar-refractivity contribution in [2.75, 3.05) is 11.4 Å². The number of carbonyl (C=O) groups is 2. The average molecular weight is 376 g/mol. The van der Waals surface area contributed by atoms with Crippen LogP contribution in [0.15, 0.2) is 60.0 Å². The van der Waals surface area contributed by atoms with Crippen LogP contribution >= 0.6 is 11.3 Å². The quantitative estimate of drug-likeness (QED) is 0.742. The third-order valence-corrected chi connectivity index (χ3v) is 5.65. The average Bonchev–Trinajstić information content (AvgIpc) is 3.36. The van der Waals surface area contributed by atoms with E-state index in [0.717, 1.165) is 28.8 Å². The Labute approximate surface area is 162 Å². The van der Waals surface area contributed by atoms with Crippen LogP contribution in [0.3, 0.4) is 0 Å². The zero-order valence-corrected chi connectivity index (χ0v) is 15.9. The van der Waals surface area contributed by atoms with Crippen LogP contribution in [0.4, 0.5) is 5.69 Å². The van der Waals surface area contributed by atoms with Crippen LogP contribution in [-0.2, 0) is 13.0 Å². The topological polar surface area (TPSA) is 49.4 Å². The standard InChI is InChI=1S/C22H20N2O2S/c1-15-4-7-17(8-5-15)22(26)24-11-10-18-13-16(6-9-19(18)24)14-23-21(25)20-3-2-12-27-20/h2-9,12-13H,10-11,14H2,1H3,(H,23,25). The summed E-state index contributed by atoms with van der Waals surface area (Å²) in [4.78, 5) is 27.5. The van der Waals surface area contributed by atoms with Gasteiger partial charge in [0.05, 0.1) is 4.88 Å². The summed E-state index contributed by atoms with van der Waals surface area (Å²) in [5, 5.41) is 4.84. The number of nitrogens with one attached hydrogen (secondary N) is 1. The number of amides is 2. The van der Waals surface area contributed by atoms with Crippen LogP contribution in [0.1, 0.15) is 36.7 Å². The maximum atomic E-state index is 12.8. The van der Waals surface area contributed by atoms with Crippen LogP contribution in [0.5, 0.6) is 0 Å². The van der Waals surface area contributed by atoms with E-state index in [4.69, 9.17) is 0 Å². The summed E-state index contributed by atoms with van der Waals surface area (Å²) in [6, 6.07) is 17.4. The van der Waals surface area contributed by atoms with Gasteiger partial charge < -0.3 is 10.2 Å². The minimum absolute atomic E-state index is 0.0347. The largest absolute Gasteiger partial charge is 0.347 e. The Morgan fingerprint density at radius 3 is 2.67 bits per heavy atom. The van der Waals surface area contributed by atoms with Gasteiger partial charge in [-0.2, -0.15) is 0 Å². The van der Waals surface area contributed by atoms with E-state index in [9.17, 15) is 9.59 Å². The van der Waals surface area contributed by atoms with E-state index in [-0.39, 0.29) is 11.8 Å². The number of carbonyl (C=O) groups excluding carboxylic acids is 2. The van der Waals surface area contributed by atoms with Crippen molar-refractivity contribution in [1.29, 1.82) is 0 Å². The summed E-state index contributed by atoms with van der Waals surface area (Å²) in [6.45, 7) is 3.18. The lowest BCUT2D eigenvalue weighted by Crippen LogP contribution is -2.28. The Morgan fingerprint density at radius 1 is 1.11 bits per heavy atom. The van der Waals surface area contributed by atoms with Gasteiger partial charge in [-0.1, -0.05) is 35.9 Å². The number of aryl methyl sites for hydroxylation is 1. The molecule has 0 unspecified atom stereocenters. The van der Waals surface area contributed by atoms with Gasteiger partial charge in [0.25, 0.3) is 11.8 Å². The van der Waals surface area contributed by atoms with Crippen molar-refractivity contribution in [3.05, 3.63) is 87.1 Å². The van der Waals surface area contributed by atoms with Crippen molar-refractivity contribution in [3.63, 3.8) is 0 Å². The lowest BCUT2D eigenvalue weighted by atomic mass is 10.1. The van der Waals surface area contributed by atoms with Crippen molar-refractivity contribution in [2.24, 2.45) is 0 Å². The smallest absolute Gasteiger partial charge is 0.261 e. The van der Waals surface area contributed by atoms with Gasteiger partial charge in [0.15, 0.2) is 0 Å². The normalized spacial score (nSPS) is 12.7. The Hall–Kier alpha value is -2.92. The Morgan fingerprint density at radius 2 is 1.93 bits per heavy atom. The Kier molecular flexibility index (Phi) is 4.77. The van der Waals surface area contributed by atoms with Crippen LogP contribution in [0.25, 0.3) is 0 Å². The van der Waals surface area contributed by atoms with E-state index in [2.05, 4.69) is 11.4 Å². The lowest BCUT2D eigenvalue weighted by molar-refractivity contribution is 0.0953. The van der Waals surface area contributed by atoms with E-state index in [1.807, 2.05) is 65.7 Å². The monoisotopic (exact) mass is 376 g/mol. The van der Waals surface area contributed by atoms with Crippen molar-refractivity contribution >= 4 is 28.8 Å². The summed E-state index contributed by atoms with van der Waals surface area (Å²) in [5.74, 6) is -0.0193. The molecule has 0 spiro atoms. The van der Waals surface area contributed by atoms with Crippen molar-refractivity contribution < 1.29 is 9.59 Å². The van der Waals surface area contributed by atoms with E-state index < -0.39 is 0 Å². The van der Waals surface area contributed by atoms with Gasteiger partial charge in [0, 0.05) is 24.3 Å². The zero-order chi connectivity index (χ0) is 18.8. The summed E-state index contributed by atoms with van der Waals surface area (Å²) in [6.07, 6.45) is 0.833. The highest BCUT2D eigenvalue weighted by Gasteiger charge is 2.25. The zero-order valence-electron chi connectivity index (χ0n) is 15.1. The summed E-state index contributed by atoms with van der Waals surface area (Å²) < 4.78 is 0. The summed E-state index contributed by atoms with van der Waals surface area (Å²) in [7, 11) is 0. The lowest BCUT2D eigenvalue weighted by Gasteiger charge is -2.18. The number of fused-ring (bicyclic) bond motifs is 1. The fourth-order valence-electron chi connectivity index (χ4n) is 3.31. The minimum atomic E-state index is -0.0540. The van der Waals surface area contributed by atoms with E-state index in [1.165, 1.54) is 11.3 Å². The molecule has 1 aliphatic heterocycles. The number of anilines is 1. The number of nitrogens with zero attached hydrogens (tertiary/aromatic N) is 1. The predicted molar refractivity (Wildman–Crippen MR) is 108 cm³/mol. The first-order valence-corrected chi connectivity index (χ1v) is 9.82. The molecule has 27 heavy (non-hydrogen) atoms. The molecule has 1 aromatic heterocycles. The van der Waals surface area contributed by atoms with Gasteiger partial charge in [0.2, 0.25) is 0 Å². The molecule has 2 heterocycles. The van der Waals surface area contributed by atoms with Gasteiger partial charge in [-0.25, -0.2) is 0 Å². The van der Waals surface area contributed by atoms with Crippen LogP contribution in [0.2, 0.25) is 0 Å². The molecule has 2 amide bonds. The van der Waals surface area contributed by atoms with Gasteiger partial charge in [-0.3, -0.25) is 9.59 Å². The molecule has 5 heteroatoms. The molecule has 0 atom stereocenters. The highest BCUT2D eigenvalue weighted by molar-refractivity contribution is 7.12. The summed E-state index contributed by atoms with van der Waals surface area (Å²) in [5.41, 5.74) is 5.01. The molecule has 2 aromatic carbocycles. The Bertz CT molecular complexity index is 978. The van der Waals surface area contributed by atoms with E-state index in [0.29, 0.717) is 23.5 Å². The fourth-order valence-corrected chi connectivity index (χ4v) is 3.95. The molecule has 4 nitrogen and oxygen atoms in total.